The molecular formula is C12H26N2O. The summed E-state index contributed by atoms with van der Waals surface area (Å²) in [6, 6.07) is 0.983. The largest absolute Gasteiger partial charge is 0.392 e. The van der Waals surface area contributed by atoms with Gasteiger partial charge >= 0.3 is 0 Å². The molecule has 1 rings (SSSR count). The van der Waals surface area contributed by atoms with Gasteiger partial charge < -0.3 is 15.3 Å². The summed E-state index contributed by atoms with van der Waals surface area (Å²) in [5, 5.41) is 13.1. The first-order valence-corrected chi connectivity index (χ1v) is 6.23. The summed E-state index contributed by atoms with van der Waals surface area (Å²) in [4.78, 5) is 2.35. The minimum Gasteiger partial charge on any atom is -0.392 e. The van der Waals surface area contributed by atoms with Crippen LogP contribution in [0.15, 0.2) is 0 Å². The zero-order valence-corrected chi connectivity index (χ0v) is 10.4. The van der Waals surface area contributed by atoms with Gasteiger partial charge in [0.25, 0.3) is 0 Å². The SMILES string of the molecule is CC(C)N(C)CCCN[C@@H]1CCC[C@H]1O. The quantitative estimate of drug-likeness (QED) is 0.653. The Morgan fingerprint density at radius 1 is 1.40 bits per heavy atom. The summed E-state index contributed by atoms with van der Waals surface area (Å²) in [5.74, 6) is 0. The number of rotatable bonds is 6. The van der Waals surface area contributed by atoms with Crippen LogP contribution in [-0.2, 0) is 0 Å². The number of nitrogens with zero attached hydrogens (tertiary/aromatic N) is 1. The number of hydrogen-bond donors (Lipinski definition) is 2. The van der Waals surface area contributed by atoms with Gasteiger partial charge in [-0.1, -0.05) is 0 Å². The smallest absolute Gasteiger partial charge is 0.0693 e. The maximum Gasteiger partial charge on any atom is 0.0693 e. The van der Waals surface area contributed by atoms with E-state index in [9.17, 15) is 5.11 Å². The number of hydrogen-bond acceptors (Lipinski definition) is 3. The summed E-state index contributed by atoms with van der Waals surface area (Å²) in [5.41, 5.74) is 0. The normalized spacial score (nSPS) is 26.8. The molecule has 0 unspecified atom stereocenters. The molecule has 1 saturated carbocycles. The van der Waals surface area contributed by atoms with Crippen LogP contribution in [0.4, 0.5) is 0 Å². The van der Waals surface area contributed by atoms with Crippen LogP contribution in [0.25, 0.3) is 0 Å². The van der Waals surface area contributed by atoms with Gasteiger partial charge in [0, 0.05) is 12.1 Å². The van der Waals surface area contributed by atoms with Crippen molar-refractivity contribution in [3.8, 4) is 0 Å². The van der Waals surface area contributed by atoms with Crippen molar-refractivity contribution in [1.82, 2.24) is 10.2 Å². The molecule has 0 saturated heterocycles. The Hall–Kier alpha value is -0.120. The molecule has 0 spiro atoms. The van der Waals surface area contributed by atoms with E-state index in [0.717, 1.165) is 32.4 Å². The molecule has 90 valence electrons. The fourth-order valence-corrected chi connectivity index (χ4v) is 2.05. The van der Waals surface area contributed by atoms with Gasteiger partial charge in [0.1, 0.15) is 0 Å². The molecule has 3 nitrogen and oxygen atoms in total. The Balaban J connectivity index is 2.01. The first kappa shape index (κ1) is 12.9. The van der Waals surface area contributed by atoms with Crippen molar-refractivity contribution in [2.45, 2.75) is 57.7 Å². The molecule has 1 aliphatic carbocycles. The third-order valence-electron chi connectivity index (χ3n) is 3.46. The molecule has 2 atom stereocenters. The van der Waals surface area contributed by atoms with Crippen LogP contribution in [0.5, 0.6) is 0 Å². The summed E-state index contributed by atoms with van der Waals surface area (Å²) in [7, 11) is 2.16. The standard InChI is InChI=1S/C12H26N2O/c1-10(2)14(3)9-5-8-13-11-6-4-7-12(11)15/h10-13,15H,4-9H2,1-3H3/t11-,12-/m1/s1. The van der Waals surface area contributed by atoms with E-state index in [1.807, 2.05) is 0 Å². The molecule has 0 aromatic heterocycles. The Morgan fingerprint density at radius 3 is 2.67 bits per heavy atom. The van der Waals surface area contributed by atoms with Crippen molar-refractivity contribution in [3.63, 3.8) is 0 Å². The molecule has 2 N–H and O–H groups in total. The van der Waals surface area contributed by atoms with E-state index < -0.39 is 0 Å². The molecule has 0 amide bonds. The third-order valence-corrected chi connectivity index (χ3v) is 3.46. The number of aliphatic hydroxyl groups is 1. The first-order valence-electron chi connectivity index (χ1n) is 6.23. The van der Waals surface area contributed by atoms with E-state index in [1.165, 1.54) is 6.42 Å². The van der Waals surface area contributed by atoms with Gasteiger partial charge in [-0.3, -0.25) is 0 Å². The second-order valence-electron chi connectivity index (χ2n) is 4.99. The molecule has 1 aliphatic rings. The van der Waals surface area contributed by atoms with Gasteiger partial charge in [0.2, 0.25) is 0 Å². The molecule has 3 heteroatoms. The summed E-state index contributed by atoms with van der Waals surface area (Å²) < 4.78 is 0. The van der Waals surface area contributed by atoms with E-state index in [2.05, 4.69) is 31.1 Å². The van der Waals surface area contributed by atoms with Crippen molar-refractivity contribution >= 4 is 0 Å². The van der Waals surface area contributed by atoms with Crippen molar-refractivity contribution in [2.24, 2.45) is 0 Å². The Morgan fingerprint density at radius 2 is 2.13 bits per heavy atom. The van der Waals surface area contributed by atoms with Crippen molar-refractivity contribution in [3.05, 3.63) is 0 Å². The Bertz CT molecular complexity index is 173. The molecule has 15 heavy (non-hydrogen) atoms. The average Bonchev–Trinajstić information content (AvgIpc) is 2.58. The second-order valence-corrected chi connectivity index (χ2v) is 4.99. The van der Waals surface area contributed by atoms with Crippen LogP contribution in [0, 0.1) is 0 Å². The van der Waals surface area contributed by atoms with Gasteiger partial charge in [0.15, 0.2) is 0 Å². The van der Waals surface area contributed by atoms with Gasteiger partial charge in [-0.05, 0) is 59.7 Å². The zero-order valence-electron chi connectivity index (χ0n) is 10.4. The highest BCUT2D eigenvalue weighted by Crippen LogP contribution is 2.18. The first-order chi connectivity index (χ1) is 7.11. The Labute approximate surface area is 93.9 Å². The molecule has 1 fully saturated rings. The second kappa shape index (κ2) is 6.46. The van der Waals surface area contributed by atoms with E-state index in [1.54, 1.807) is 0 Å². The van der Waals surface area contributed by atoms with Crippen LogP contribution in [0.2, 0.25) is 0 Å². The monoisotopic (exact) mass is 214 g/mol. The van der Waals surface area contributed by atoms with E-state index in [4.69, 9.17) is 0 Å². The van der Waals surface area contributed by atoms with Gasteiger partial charge in [-0.2, -0.15) is 0 Å². The number of nitrogens with one attached hydrogen (secondary N) is 1. The lowest BCUT2D eigenvalue weighted by Crippen LogP contribution is -2.37. The summed E-state index contributed by atoms with van der Waals surface area (Å²) in [6.07, 6.45) is 4.35. The average molecular weight is 214 g/mol. The molecule has 0 radical (unpaired) electrons. The van der Waals surface area contributed by atoms with Crippen LogP contribution in [0.3, 0.4) is 0 Å². The van der Waals surface area contributed by atoms with Crippen LogP contribution < -0.4 is 5.32 Å². The van der Waals surface area contributed by atoms with Gasteiger partial charge in [-0.15, -0.1) is 0 Å². The van der Waals surface area contributed by atoms with E-state index in [0.29, 0.717) is 12.1 Å². The fourth-order valence-electron chi connectivity index (χ4n) is 2.05. The summed E-state index contributed by atoms with van der Waals surface area (Å²) >= 11 is 0. The maximum atomic E-state index is 9.61. The molecule has 0 aromatic rings. The molecule has 0 bridgehead atoms. The topological polar surface area (TPSA) is 35.5 Å². The van der Waals surface area contributed by atoms with Crippen LogP contribution in [-0.4, -0.2) is 48.3 Å². The molecule has 0 aliphatic heterocycles. The predicted octanol–water partition coefficient (Wildman–Crippen LogP) is 1.22. The lowest BCUT2D eigenvalue weighted by Gasteiger charge is -2.22. The van der Waals surface area contributed by atoms with Crippen LogP contribution >= 0.6 is 0 Å². The highest BCUT2D eigenvalue weighted by atomic mass is 16.3. The highest BCUT2D eigenvalue weighted by Gasteiger charge is 2.23. The van der Waals surface area contributed by atoms with E-state index >= 15 is 0 Å². The van der Waals surface area contributed by atoms with E-state index in [-0.39, 0.29) is 6.10 Å². The lowest BCUT2D eigenvalue weighted by atomic mass is 10.2. The lowest BCUT2D eigenvalue weighted by molar-refractivity contribution is 0.148. The van der Waals surface area contributed by atoms with Crippen LogP contribution in [0.1, 0.15) is 39.5 Å². The van der Waals surface area contributed by atoms with Crippen molar-refractivity contribution < 1.29 is 5.11 Å². The number of aliphatic hydroxyl groups excluding tert-OH is 1. The zero-order chi connectivity index (χ0) is 11.3. The fraction of sp³-hybridized carbons (Fsp3) is 1.00. The minimum atomic E-state index is -0.104. The molecular weight excluding hydrogens is 188 g/mol. The highest BCUT2D eigenvalue weighted by molar-refractivity contribution is 4.82. The third kappa shape index (κ3) is 4.49. The predicted molar refractivity (Wildman–Crippen MR) is 64.0 cm³/mol. The Kier molecular flexibility index (Phi) is 5.58. The molecule has 0 aromatic carbocycles. The molecule has 0 heterocycles. The summed E-state index contributed by atoms with van der Waals surface area (Å²) in [6.45, 7) is 6.59. The van der Waals surface area contributed by atoms with Gasteiger partial charge in [-0.25, -0.2) is 0 Å². The maximum absolute atomic E-state index is 9.61. The van der Waals surface area contributed by atoms with Gasteiger partial charge in [0.05, 0.1) is 6.10 Å². The van der Waals surface area contributed by atoms with Crippen molar-refractivity contribution in [2.75, 3.05) is 20.1 Å². The minimum absolute atomic E-state index is 0.104. The van der Waals surface area contributed by atoms with Crippen molar-refractivity contribution in [1.29, 1.82) is 0 Å².